The Bertz CT molecular complexity index is 681. The Labute approximate surface area is 123 Å². The van der Waals surface area contributed by atoms with Crippen LogP contribution in [0, 0.1) is 12.7 Å². The highest BCUT2D eigenvalue weighted by Gasteiger charge is 2.31. The SMILES string of the molecule is Cc1ccc(F)cc1NC(=O)c1ccc(OC(F)(F)F)cc1. The first-order chi connectivity index (χ1) is 10.2. The van der Waals surface area contributed by atoms with Crippen molar-refractivity contribution in [3.63, 3.8) is 0 Å². The summed E-state index contributed by atoms with van der Waals surface area (Å²) in [5, 5.41) is 2.49. The number of aryl methyl sites for hydroxylation is 1. The standard InChI is InChI=1S/C15H11F4NO2/c1-9-2-5-11(16)8-13(9)20-14(21)10-3-6-12(7-4-10)22-15(17,18)19/h2-8H,1H3,(H,20,21). The van der Waals surface area contributed by atoms with Crippen LogP contribution in [0.4, 0.5) is 23.2 Å². The zero-order valence-electron chi connectivity index (χ0n) is 11.4. The van der Waals surface area contributed by atoms with E-state index in [0.717, 1.165) is 18.2 Å². The largest absolute Gasteiger partial charge is 0.573 e. The van der Waals surface area contributed by atoms with Gasteiger partial charge in [-0.3, -0.25) is 4.79 Å². The number of hydrogen-bond acceptors (Lipinski definition) is 2. The van der Waals surface area contributed by atoms with Crippen molar-refractivity contribution in [1.29, 1.82) is 0 Å². The quantitative estimate of drug-likeness (QED) is 0.859. The lowest BCUT2D eigenvalue weighted by Gasteiger charge is -2.10. The van der Waals surface area contributed by atoms with E-state index in [1.165, 1.54) is 24.3 Å². The lowest BCUT2D eigenvalue weighted by atomic mass is 10.1. The zero-order valence-corrected chi connectivity index (χ0v) is 11.4. The summed E-state index contributed by atoms with van der Waals surface area (Å²) >= 11 is 0. The molecule has 0 aromatic heterocycles. The number of carbonyl (C=O) groups is 1. The van der Waals surface area contributed by atoms with Crippen molar-refractivity contribution in [3.8, 4) is 5.75 Å². The Hall–Kier alpha value is -2.57. The maximum absolute atomic E-state index is 13.1. The third-order valence-corrected chi connectivity index (χ3v) is 2.80. The van der Waals surface area contributed by atoms with Crippen LogP contribution in [0.1, 0.15) is 15.9 Å². The summed E-state index contributed by atoms with van der Waals surface area (Å²) in [5.74, 6) is -1.49. The monoisotopic (exact) mass is 313 g/mol. The average molecular weight is 313 g/mol. The summed E-state index contributed by atoms with van der Waals surface area (Å²) < 4.78 is 52.9. The second-order valence-electron chi connectivity index (χ2n) is 4.49. The van der Waals surface area contributed by atoms with Crippen molar-refractivity contribution in [2.24, 2.45) is 0 Å². The first-order valence-corrected chi connectivity index (χ1v) is 6.18. The number of benzene rings is 2. The Balaban J connectivity index is 2.11. The van der Waals surface area contributed by atoms with Crippen molar-refractivity contribution in [2.45, 2.75) is 13.3 Å². The van der Waals surface area contributed by atoms with E-state index >= 15 is 0 Å². The molecular weight excluding hydrogens is 302 g/mol. The van der Waals surface area contributed by atoms with Gasteiger partial charge in [-0.2, -0.15) is 0 Å². The van der Waals surface area contributed by atoms with Crippen molar-refractivity contribution < 1.29 is 27.1 Å². The number of nitrogens with one attached hydrogen (secondary N) is 1. The van der Waals surface area contributed by atoms with Gasteiger partial charge >= 0.3 is 6.36 Å². The first kappa shape index (κ1) is 15.8. The minimum absolute atomic E-state index is 0.123. The molecule has 0 aliphatic carbocycles. The number of carbonyl (C=O) groups excluding carboxylic acids is 1. The fourth-order valence-corrected chi connectivity index (χ4v) is 1.73. The molecule has 3 nitrogen and oxygen atoms in total. The Kier molecular flexibility index (Phi) is 4.35. The molecule has 0 aliphatic heterocycles. The molecule has 2 rings (SSSR count). The van der Waals surface area contributed by atoms with Crippen LogP contribution in [0.2, 0.25) is 0 Å². The molecular formula is C15H11F4NO2. The Morgan fingerprint density at radius 1 is 1.09 bits per heavy atom. The van der Waals surface area contributed by atoms with Crippen LogP contribution >= 0.6 is 0 Å². The minimum Gasteiger partial charge on any atom is -0.406 e. The van der Waals surface area contributed by atoms with E-state index in [2.05, 4.69) is 10.1 Å². The highest BCUT2D eigenvalue weighted by Crippen LogP contribution is 2.23. The number of halogens is 4. The smallest absolute Gasteiger partial charge is 0.406 e. The van der Waals surface area contributed by atoms with Gasteiger partial charge in [-0.1, -0.05) is 6.07 Å². The normalized spacial score (nSPS) is 11.1. The highest BCUT2D eigenvalue weighted by atomic mass is 19.4. The lowest BCUT2D eigenvalue weighted by molar-refractivity contribution is -0.274. The van der Waals surface area contributed by atoms with E-state index < -0.39 is 23.8 Å². The van der Waals surface area contributed by atoms with E-state index in [9.17, 15) is 22.4 Å². The maximum atomic E-state index is 13.1. The summed E-state index contributed by atoms with van der Waals surface area (Å²) in [6.45, 7) is 1.69. The number of hydrogen-bond donors (Lipinski definition) is 1. The van der Waals surface area contributed by atoms with Crippen LogP contribution in [-0.4, -0.2) is 12.3 Å². The lowest BCUT2D eigenvalue weighted by Crippen LogP contribution is -2.17. The molecule has 0 bridgehead atoms. The Morgan fingerprint density at radius 3 is 2.32 bits per heavy atom. The van der Waals surface area contributed by atoms with E-state index in [1.54, 1.807) is 6.92 Å². The van der Waals surface area contributed by atoms with Gasteiger partial charge in [0.05, 0.1) is 0 Å². The van der Waals surface area contributed by atoms with Crippen LogP contribution in [0.25, 0.3) is 0 Å². The molecule has 0 radical (unpaired) electrons. The molecule has 0 atom stereocenters. The molecule has 116 valence electrons. The molecule has 22 heavy (non-hydrogen) atoms. The summed E-state index contributed by atoms with van der Waals surface area (Å²) in [6, 6.07) is 8.35. The maximum Gasteiger partial charge on any atom is 0.573 e. The molecule has 1 N–H and O–H groups in total. The van der Waals surface area contributed by atoms with Crippen LogP contribution in [0.15, 0.2) is 42.5 Å². The van der Waals surface area contributed by atoms with Gasteiger partial charge in [-0.25, -0.2) is 4.39 Å². The third kappa shape index (κ3) is 4.21. The molecule has 0 unspecified atom stereocenters. The minimum atomic E-state index is -4.79. The van der Waals surface area contributed by atoms with Crippen LogP contribution in [0.3, 0.4) is 0 Å². The predicted octanol–water partition coefficient (Wildman–Crippen LogP) is 4.29. The molecule has 0 spiro atoms. The fraction of sp³-hybridized carbons (Fsp3) is 0.133. The van der Waals surface area contributed by atoms with Crippen molar-refractivity contribution >= 4 is 11.6 Å². The molecule has 1 amide bonds. The van der Waals surface area contributed by atoms with Crippen LogP contribution in [-0.2, 0) is 0 Å². The van der Waals surface area contributed by atoms with Gasteiger partial charge < -0.3 is 10.1 Å². The summed E-state index contributed by atoms with van der Waals surface area (Å²) in [5.41, 5.74) is 1.07. The zero-order chi connectivity index (χ0) is 16.3. The van der Waals surface area contributed by atoms with Gasteiger partial charge in [-0.05, 0) is 48.9 Å². The number of amides is 1. The molecule has 2 aromatic carbocycles. The fourth-order valence-electron chi connectivity index (χ4n) is 1.73. The number of anilines is 1. The number of ether oxygens (including phenoxy) is 1. The molecule has 0 saturated heterocycles. The topological polar surface area (TPSA) is 38.3 Å². The van der Waals surface area contributed by atoms with Gasteiger partial charge in [0.2, 0.25) is 0 Å². The van der Waals surface area contributed by atoms with Crippen LogP contribution in [0.5, 0.6) is 5.75 Å². The van der Waals surface area contributed by atoms with Gasteiger partial charge in [0.25, 0.3) is 5.91 Å². The van der Waals surface area contributed by atoms with E-state index in [-0.39, 0.29) is 5.56 Å². The first-order valence-electron chi connectivity index (χ1n) is 6.18. The molecule has 0 saturated carbocycles. The van der Waals surface area contributed by atoms with Gasteiger partial charge in [0.1, 0.15) is 11.6 Å². The molecule has 2 aromatic rings. The second-order valence-corrected chi connectivity index (χ2v) is 4.49. The highest BCUT2D eigenvalue weighted by molar-refractivity contribution is 6.04. The summed E-state index contributed by atoms with van der Waals surface area (Å²) in [7, 11) is 0. The number of rotatable bonds is 3. The van der Waals surface area contributed by atoms with Crippen molar-refractivity contribution in [3.05, 3.63) is 59.4 Å². The second kappa shape index (κ2) is 6.05. The molecule has 0 aliphatic rings. The van der Waals surface area contributed by atoms with E-state index in [1.807, 2.05) is 0 Å². The average Bonchev–Trinajstić information content (AvgIpc) is 2.42. The Morgan fingerprint density at radius 2 is 1.73 bits per heavy atom. The summed E-state index contributed by atoms with van der Waals surface area (Å²) in [6.07, 6.45) is -4.79. The summed E-state index contributed by atoms with van der Waals surface area (Å²) in [4.78, 5) is 12.0. The van der Waals surface area contributed by atoms with E-state index in [4.69, 9.17) is 0 Å². The molecule has 0 fully saturated rings. The van der Waals surface area contributed by atoms with Crippen molar-refractivity contribution in [2.75, 3.05) is 5.32 Å². The molecule has 7 heteroatoms. The predicted molar refractivity (Wildman–Crippen MR) is 72.2 cm³/mol. The van der Waals surface area contributed by atoms with Gasteiger partial charge in [-0.15, -0.1) is 13.2 Å². The van der Waals surface area contributed by atoms with Gasteiger partial charge in [0.15, 0.2) is 0 Å². The van der Waals surface area contributed by atoms with E-state index in [0.29, 0.717) is 11.3 Å². The molecule has 0 heterocycles. The number of alkyl halides is 3. The van der Waals surface area contributed by atoms with Gasteiger partial charge in [0, 0.05) is 11.3 Å². The third-order valence-electron chi connectivity index (χ3n) is 2.80. The van der Waals surface area contributed by atoms with Crippen molar-refractivity contribution in [1.82, 2.24) is 0 Å². The van der Waals surface area contributed by atoms with Crippen LogP contribution < -0.4 is 10.1 Å².